The van der Waals surface area contributed by atoms with Crippen molar-refractivity contribution in [2.24, 2.45) is 0 Å². The molecule has 0 saturated heterocycles. The van der Waals surface area contributed by atoms with Gasteiger partial charge in [-0.1, -0.05) is 101 Å². The summed E-state index contributed by atoms with van der Waals surface area (Å²) < 4.78 is 27.0. The quantitative estimate of drug-likeness (QED) is 0.290. The Hall–Kier alpha value is -1.10. The van der Waals surface area contributed by atoms with Crippen molar-refractivity contribution < 1.29 is 13.6 Å². The van der Waals surface area contributed by atoms with Crippen molar-refractivity contribution in [3.8, 4) is 0 Å². The third-order valence-electron chi connectivity index (χ3n) is 5.15. The van der Waals surface area contributed by atoms with Gasteiger partial charge in [0.25, 0.3) is 0 Å². The molecule has 0 aromatic heterocycles. The van der Waals surface area contributed by atoms with Crippen molar-refractivity contribution in [3.63, 3.8) is 0 Å². The summed E-state index contributed by atoms with van der Waals surface area (Å²) in [6, 6.07) is 27.6. The second-order valence-corrected chi connectivity index (χ2v) is 14.7. The fourth-order valence-corrected chi connectivity index (χ4v) is 10.6. The van der Waals surface area contributed by atoms with Crippen molar-refractivity contribution in [3.05, 3.63) is 95.0 Å². The van der Waals surface area contributed by atoms with Crippen LogP contribution in [0, 0.1) is 0 Å². The molecule has 0 heterocycles. The minimum absolute atomic E-state index is 0.252. The van der Waals surface area contributed by atoms with Gasteiger partial charge in [-0.25, -0.2) is 0 Å². The highest BCUT2D eigenvalue weighted by molar-refractivity contribution is 9.10. The molecule has 3 aromatic rings. The van der Waals surface area contributed by atoms with Crippen LogP contribution in [0.25, 0.3) is 0 Å². The molecule has 0 spiro atoms. The molecule has 0 amide bonds. The summed E-state index contributed by atoms with van der Waals surface area (Å²) in [5.41, 5.74) is 0.776. The van der Waals surface area contributed by atoms with E-state index in [9.17, 15) is 4.57 Å². The Bertz CT molecular complexity index is 1080. The van der Waals surface area contributed by atoms with Crippen LogP contribution in [0.5, 0.6) is 0 Å². The Morgan fingerprint density at radius 3 is 1.81 bits per heavy atom. The Morgan fingerprint density at radius 2 is 1.38 bits per heavy atom. The van der Waals surface area contributed by atoms with Crippen molar-refractivity contribution in [2.75, 3.05) is 13.2 Å². The molecule has 1 N–H and O–H groups in total. The first kappa shape index (κ1) is 25.5. The van der Waals surface area contributed by atoms with Crippen molar-refractivity contribution in [2.45, 2.75) is 26.1 Å². The highest BCUT2D eigenvalue weighted by atomic mass is 79.9. The highest BCUT2D eigenvalue weighted by Gasteiger charge is 2.51. The third kappa shape index (κ3) is 5.18. The van der Waals surface area contributed by atoms with E-state index in [2.05, 4.69) is 21.0 Å². The van der Waals surface area contributed by atoms with Gasteiger partial charge in [0, 0.05) is 15.1 Å². The van der Waals surface area contributed by atoms with E-state index < -0.39 is 19.1 Å². The molecule has 0 aliphatic heterocycles. The summed E-state index contributed by atoms with van der Waals surface area (Å²) in [5.74, 6) is 0. The van der Waals surface area contributed by atoms with Crippen LogP contribution < -0.4 is 15.7 Å². The molecule has 0 fully saturated rings. The molecule has 3 rings (SSSR count). The van der Waals surface area contributed by atoms with Crippen LogP contribution in [0.3, 0.4) is 0 Å². The van der Waals surface area contributed by atoms with E-state index >= 15 is 0 Å². The number of hydrogen-bond donors (Lipinski definition) is 1. The molecule has 0 saturated carbocycles. The van der Waals surface area contributed by atoms with Gasteiger partial charge in [0.2, 0.25) is 0 Å². The van der Waals surface area contributed by atoms with Crippen LogP contribution in [0.15, 0.2) is 89.4 Å². The smallest absolute Gasteiger partial charge is 0.307 e. The first-order valence-electron chi connectivity index (χ1n) is 10.4. The van der Waals surface area contributed by atoms with Gasteiger partial charge in [0.15, 0.2) is 0 Å². The largest absolute Gasteiger partial charge is 0.355 e. The number of hydrogen-bond acceptors (Lipinski definition) is 4. The van der Waals surface area contributed by atoms with Crippen LogP contribution >= 0.6 is 29.7 Å². The Labute approximate surface area is 204 Å². The minimum Gasteiger partial charge on any atom is -0.307 e. The summed E-state index contributed by atoms with van der Waals surface area (Å²) in [6.45, 7) is 6.01. The average Bonchev–Trinajstić information content (AvgIpc) is 2.80. The summed E-state index contributed by atoms with van der Waals surface area (Å²) in [6.07, 6.45) is -2.63. The molecule has 170 valence electrons. The zero-order chi connectivity index (χ0) is 23.2. The van der Waals surface area contributed by atoms with E-state index in [-0.39, 0.29) is 13.2 Å². The first-order chi connectivity index (χ1) is 15.3. The van der Waals surface area contributed by atoms with Crippen LogP contribution in [-0.2, 0) is 30.7 Å². The molecule has 32 heavy (non-hydrogen) atoms. The molecule has 0 aliphatic carbocycles. The summed E-state index contributed by atoms with van der Waals surface area (Å²) >= 11 is 9.96. The SMILES string of the molecule is CCOP(=O)(OCC)[C@@](C)(NP(=S)(c1ccccc1)c1ccccc1)c1cccc(Br)c1. The van der Waals surface area contributed by atoms with Crippen LogP contribution in [0.1, 0.15) is 26.3 Å². The molecule has 1 atom stereocenters. The normalized spacial score (nSPS) is 14.1. The molecular weight excluding hydrogens is 524 g/mol. The fraction of sp³-hybridized carbons (Fsp3) is 0.250. The molecule has 3 aromatic carbocycles. The number of halogens is 1. The molecular formula is C24H28BrNO3P2S. The van der Waals surface area contributed by atoms with Crippen LogP contribution in [0.4, 0.5) is 0 Å². The summed E-state index contributed by atoms with van der Waals surface area (Å²) in [5, 5.41) is 4.44. The lowest BCUT2D eigenvalue weighted by Crippen LogP contribution is -2.43. The van der Waals surface area contributed by atoms with E-state index in [4.69, 9.17) is 20.9 Å². The maximum Gasteiger partial charge on any atom is 0.355 e. The van der Waals surface area contributed by atoms with Gasteiger partial charge in [-0.15, -0.1) is 0 Å². The van der Waals surface area contributed by atoms with Gasteiger partial charge in [0.1, 0.15) is 5.28 Å². The second-order valence-electron chi connectivity index (χ2n) is 7.31. The molecule has 0 unspecified atom stereocenters. The monoisotopic (exact) mass is 551 g/mol. The topological polar surface area (TPSA) is 47.6 Å². The maximum absolute atomic E-state index is 14.3. The van der Waals surface area contributed by atoms with Crippen molar-refractivity contribution in [1.82, 2.24) is 5.09 Å². The third-order valence-corrected chi connectivity index (χ3v) is 12.8. The molecule has 0 bridgehead atoms. The lowest BCUT2D eigenvalue weighted by Gasteiger charge is -2.41. The number of nitrogens with one attached hydrogen (secondary N) is 1. The number of benzene rings is 3. The predicted octanol–water partition coefficient (Wildman–Crippen LogP) is 6.52. The van der Waals surface area contributed by atoms with E-state index in [1.54, 1.807) is 0 Å². The molecule has 0 radical (unpaired) electrons. The molecule has 8 heteroatoms. The van der Waals surface area contributed by atoms with Gasteiger partial charge in [-0.05, 0) is 38.5 Å². The van der Waals surface area contributed by atoms with Crippen LogP contribution in [-0.4, -0.2) is 13.2 Å². The average molecular weight is 552 g/mol. The van der Waals surface area contributed by atoms with E-state index in [0.29, 0.717) is 0 Å². The van der Waals surface area contributed by atoms with Crippen molar-refractivity contribution in [1.29, 1.82) is 0 Å². The van der Waals surface area contributed by atoms with Crippen molar-refractivity contribution >= 4 is 52.1 Å². The minimum atomic E-state index is -3.69. The van der Waals surface area contributed by atoms with Crippen LogP contribution in [0.2, 0.25) is 0 Å². The Kier molecular flexibility index (Phi) is 8.68. The van der Waals surface area contributed by atoms with Gasteiger partial charge in [0.05, 0.1) is 19.4 Å². The second kappa shape index (κ2) is 10.9. The molecule has 0 aliphatic rings. The lowest BCUT2D eigenvalue weighted by molar-refractivity contribution is 0.195. The van der Waals surface area contributed by atoms with Gasteiger partial charge in [-0.2, -0.15) is 0 Å². The molecule has 4 nitrogen and oxygen atoms in total. The zero-order valence-electron chi connectivity index (χ0n) is 18.4. The van der Waals surface area contributed by atoms with Gasteiger partial charge < -0.3 is 9.05 Å². The van der Waals surface area contributed by atoms with E-state index in [1.807, 2.05) is 106 Å². The predicted molar refractivity (Wildman–Crippen MR) is 142 cm³/mol. The maximum atomic E-state index is 14.3. The lowest BCUT2D eigenvalue weighted by atomic mass is 10.1. The van der Waals surface area contributed by atoms with Gasteiger partial charge >= 0.3 is 7.60 Å². The Morgan fingerprint density at radius 1 is 0.875 bits per heavy atom. The summed E-state index contributed by atoms with van der Waals surface area (Å²) in [4.78, 5) is 0. The van der Waals surface area contributed by atoms with E-state index in [1.165, 1.54) is 0 Å². The summed E-state index contributed by atoms with van der Waals surface area (Å²) in [7, 11) is -3.69. The highest BCUT2D eigenvalue weighted by Crippen LogP contribution is 2.66. The fourth-order valence-electron chi connectivity index (χ4n) is 3.57. The zero-order valence-corrected chi connectivity index (χ0v) is 22.6. The van der Waals surface area contributed by atoms with Gasteiger partial charge in [-0.3, -0.25) is 9.65 Å². The standard InChI is InChI=1S/C24H28BrNO3P2S/c1-4-28-31(27,29-5-2)24(3,20-13-12-14-21(25)19-20)26-30(32,22-15-8-6-9-16-22)23-17-10-7-11-18-23/h6-19H,4-5H2,1-3H3,(H,26,32)/t24-/m1/s1. The van der Waals surface area contributed by atoms with E-state index in [0.717, 1.165) is 20.6 Å². The Balaban J connectivity index is 2.28. The first-order valence-corrected chi connectivity index (χ1v) is 15.6. The number of rotatable bonds is 10.